The van der Waals surface area contributed by atoms with Crippen LogP contribution in [0.2, 0.25) is 0 Å². The van der Waals surface area contributed by atoms with Crippen LogP contribution in [-0.4, -0.2) is 48.0 Å². The molecule has 1 aromatic carbocycles. The summed E-state index contributed by atoms with van der Waals surface area (Å²) in [4.78, 5) is 10.5. The number of imidazole rings is 1. The van der Waals surface area contributed by atoms with Gasteiger partial charge in [0.2, 0.25) is 5.95 Å². The highest BCUT2D eigenvalue weighted by molar-refractivity contribution is 5.77. The Morgan fingerprint density at radius 2 is 2.29 bits per heavy atom. The van der Waals surface area contributed by atoms with Crippen LogP contribution in [0.1, 0.15) is 19.8 Å². The maximum Gasteiger partial charge on any atom is 0.204 e. The fourth-order valence-electron chi connectivity index (χ4n) is 3.52. The number of aromatic amines is 1. The van der Waals surface area contributed by atoms with Crippen molar-refractivity contribution in [2.24, 2.45) is 0 Å². The predicted octanol–water partition coefficient (Wildman–Crippen LogP) is 2.34. The van der Waals surface area contributed by atoms with Crippen molar-refractivity contribution < 1.29 is 9.47 Å². The van der Waals surface area contributed by atoms with E-state index in [9.17, 15) is 0 Å². The third-order valence-corrected chi connectivity index (χ3v) is 4.37. The quantitative estimate of drug-likeness (QED) is 0.874. The van der Waals surface area contributed by atoms with E-state index >= 15 is 0 Å². The SMILES string of the molecule is C[C@@H]1CN(c2nc3ccccc3[nH]2)C[C@]2(CCCOC2)O1. The van der Waals surface area contributed by atoms with Gasteiger partial charge in [0.25, 0.3) is 0 Å². The molecule has 2 fully saturated rings. The third kappa shape index (κ3) is 2.40. The summed E-state index contributed by atoms with van der Waals surface area (Å²) in [6, 6.07) is 8.15. The zero-order valence-corrected chi connectivity index (χ0v) is 12.3. The van der Waals surface area contributed by atoms with Gasteiger partial charge in [-0.05, 0) is 31.9 Å². The van der Waals surface area contributed by atoms with Crippen LogP contribution in [0.25, 0.3) is 11.0 Å². The van der Waals surface area contributed by atoms with Crippen molar-refractivity contribution >= 4 is 17.0 Å². The Kier molecular flexibility index (Phi) is 3.12. The monoisotopic (exact) mass is 287 g/mol. The van der Waals surface area contributed by atoms with E-state index in [2.05, 4.69) is 22.9 Å². The Labute approximate surface area is 124 Å². The summed E-state index contributed by atoms with van der Waals surface area (Å²) < 4.78 is 11.9. The first kappa shape index (κ1) is 13.1. The molecule has 0 unspecified atom stereocenters. The minimum absolute atomic E-state index is 0.172. The van der Waals surface area contributed by atoms with E-state index in [-0.39, 0.29) is 11.7 Å². The lowest BCUT2D eigenvalue weighted by molar-refractivity contribution is -0.160. The lowest BCUT2D eigenvalue weighted by Crippen LogP contribution is -2.59. The number of benzene rings is 1. The number of H-pyrrole nitrogens is 1. The molecule has 2 aliphatic heterocycles. The van der Waals surface area contributed by atoms with Crippen LogP contribution in [0, 0.1) is 0 Å². The van der Waals surface area contributed by atoms with Crippen LogP contribution in [0.5, 0.6) is 0 Å². The summed E-state index contributed by atoms with van der Waals surface area (Å²) in [5.74, 6) is 0.941. The van der Waals surface area contributed by atoms with Gasteiger partial charge >= 0.3 is 0 Å². The molecule has 1 aromatic heterocycles. The number of rotatable bonds is 1. The highest BCUT2D eigenvalue weighted by Crippen LogP contribution is 2.32. The molecule has 1 N–H and O–H groups in total. The molecule has 21 heavy (non-hydrogen) atoms. The summed E-state index contributed by atoms with van der Waals surface area (Å²) in [7, 11) is 0. The molecular formula is C16H21N3O2. The summed E-state index contributed by atoms with van der Waals surface area (Å²) in [6.07, 6.45) is 2.32. The fraction of sp³-hybridized carbons (Fsp3) is 0.562. The highest BCUT2D eigenvalue weighted by atomic mass is 16.6. The lowest BCUT2D eigenvalue weighted by Gasteiger charge is -2.47. The van der Waals surface area contributed by atoms with E-state index in [0.717, 1.165) is 49.5 Å². The number of aromatic nitrogens is 2. The molecule has 2 aliphatic rings. The number of anilines is 1. The molecule has 0 aliphatic carbocycles. The van der Waals surface area contributed by atoms with Crippen molar-refractivity contribution in [2.75, 3.05) is 31.2 Å². The number of nitrogens with one attached hydrogen (secondary N) is 1. The summed E-state index contributed by atoms with van der Waals surface area (Å²) >= 11 is 0. The maximum atomic E-state index is 6.23. The van der Waals surface area contributed by atoms with Gasteiger partial charge in [-0.2, -0.15) is 0 Å². The minimum Gasteiger partial charge on any atom is -0.378 e. The van der Waals surface area contributed by atoms with E-state index in [1.807, 2.05) is 18.2 Å². The molecule has 4 rings (SSSR count). The van der Waals surface area contributed by atoms with Gasteiger partial charge in [-0.15, -0.1) is 0 Å². The predicted molar refractivity (Wildman–Crippen MR) is 81.6 cm³/mol. The third-order valence-electron chi connectivity index (χ3n) is 4.37. The second-order valence-electron chi connectivity index (χ2n) is 6.23. The smallest absolute Gasteiger partial charge is 0.204 e. The molecule has 2 atom stereocenters. The van der Waals surface area contributed by atoms with Gasteiger partial charge in [0.15, 0.2) is 0 Å². The molecule has 2 aromatic rings. The Hall–Kier alpha value is -1.59. The molecule has 112 valence electrons. The zero-order chi connectivity index (χ0) is 14.3. The highest BCUT2D eigenvalue weighted by Gasteiger charge is 2.41. The van der Waals surface area contributed by atoms with Crippen LogP contribution in [0.3, 0.4) is 0 Å². The molecule has 0 amide bonds. The first-order chi connectivity index (χ1) is 10.2. The van der Waals surface area contributed by atoms with Gasteiger partial charge in [-0.1, -0.05) is 12.1 Å². The van der Waals surface area contributed by atoms with E-state index in [4.69, 9.17) is 14.5 Å². The summed E-state index contributed by atoms with van der Waals surface area (Å²) in [5.41, 5.74) is 1.93. The van der Waals surface area contributed by atoms with Crippen LogP contribution in [0.4, 0.5) is 5.95 Å². The minimum atomic E-state index is -0.172. The summed E-state index contributed by atoms with van der Waals surface area (Å²) in [6.45, 7) is 5.38. The summed E-state index contributed by atoms with van der Waals surface area (Å²) in [5, 5.41) is 0. The molecule has 1 spiro atoms. The number of morpholine rings is 1. The number of ether oxygens (including phenoxy) is 2. The van der Waals surface area contributed by atoms with E-state index in [1.54, 1.807) is 0 Å². The Morgan fingerprint density at radius 1 is 1.38 bits per heavy atom. The molecule has 2 saturated heterocycles. The standard InChI is InChI=1S/C16H21N3O2/c1-12-9-19(10-16(21-12)7-4-8-20-11-16)15-17-13-5-2-3-6-14(13)18-15/h2-3,5-6,12H,4,7-11H2,1H3,(H,17,18)/t12-,16+/m1/s1. The van der Waals surface area contributed by atoms with Crippen LogP contribution < -0.4 is 4.90 Å². The molecular weight excluding hydrogens is 266 g/mol. The Bertz CT molecular complexity index is 600. The van der Waals surface area contributed by atoms with Gasteiger partial charge in [-0.3, -0.25) is 0 Å². The van der Waals surface area contributed by atoms with Crippen LogP contribution in [-0.2, 0) is 9.47 Å². The number of nitrogens with zero attached hydrogens (tertiary/aromatic N) is 2. The Balaban J connectivity index is 1.64. The second kappa shape index (κ2) is 5.00. The molecule has 3 heterocycles. The molecule has 0 bridgehead atoms. The molecule has 0 radical (unpaired) electrons. The topological polar surface area (TPSA) is 50.4 Å². The van der Waals surface area contributed by atoms with E-state index in [1.165, 1.54) is 0 Å². The van der Waals surface area contributed by atoms with Crippen molar-refractivity contribution in [3.63, 3.8) is 0 Å². The first-order valence-corrected chi connectivity index (χ1v) is 7.69. The average Bonchev–Trinajstić information content (AvgIpc) is 2.91. The average molecular weight is 287 g/mol. The zero-order valence-electron chi connectivity index (χ0n) is 12.3. The molecule has 5 heteroatoms. The van der Waals surface area contributed by atoms with Crippen molar-refractivity contribution in [1.82, 2.24) is 9.97 Å². The number of fused-ring (bicyclic) bond motifs is 1. The van der Waals surface area contributed by atoms with Gasteiger partial charge in [0.05, 0.1) is 30.3 Å². The number of para-hydroxylation sites is 2. The second-order valence-corrected chi connectivity index (χ2v) is 6.23. The largest absolute Gasteiger partial charge is 0.378 e. The van der Waals surface area contributed by atoms with Crippen molar-refractivity contribution in [3.8, 4) is 0 Å². The van der Waals surface area contributed by atoms with Crippen LogP contribution in [0.15, 0.2) is 24.3 Å². The van der Waals surface area contributed by atoms with E-state index < -0.39 is 0 Å². The molecule has 5 nitrogen and oxygen atoms in total. The van der Waals surface area contributed by atoms with Crippen LogP contribution >= 0.6 is 0 Å². The first-order valence-electron chi connectivity index (χ1n) is 7.69. The fourth-order valence-corrected chi connectivity index (χ4v) is 3.52. The van der Waals surface area contributed by atoms with Crippen molar-refractivity contribution in [3.05, 3.63) is 24.3 Å². The number of hydrogen-bond donors (Lipinski definition) is 1. The van der Waals surface area contributed by atoms with Crippen molar-refractivity contribution in [2.45, 2.75) is 31.5 Å². The van der Waals surface area contributed by atoms with Gasteiger partial charge in [-0.25, -0.2) is 4.98 Å². The lowest BCUT2D eigenvalue weighted by atomic mass is 9.93. The van der Waals surface area contributed by atoms with Gasteiger partial charge < -0.3 is 19.4 Å². The van der Waals surface area contributed by atoms with Gasteiger partial charge in [0, 0.05) is 13.2 Å². The van der Waals surface area contributed by atoms with Gasteiger partial charge in [0.1, 0.15) is 5.60 Å². The molecule has 0 saturated carbocycles. The Morgan fingerprint density at radius 3 is 3.10 bits per heavy atom. The number of hydrogen-bond acceptors (Lipinski definition) is 4. The van der Waals surface area contributed by atoms with E-state index in [0.29, 0.717) is 6.61 Å². The van der Waals surface area contributed by atoms with Crippen molar-refractivity contribution in [1.29, 1.82) is 0 Å². The normalized spacial score (nSPS) is 30.1. The maximum absolute atomic E-state index is 6.23.